The SMILES string of the molecule is O=C(Nc1nc2ccccc2s1)C1CC(c2cccc(F)c2)=NO1. The van der Waals surface area contributed by atoms with Crippen LogP contribution < -0.4 is 5.32 Å². The Labute approximate surface area is 140 Å². The van der Waals surface area contributed by atoms with Crippen LogP contribution in [0.5, 0.6) is 0 Å². The number of benzene rings is 2. The Kier molecular flexibility index (Phi) is 3.70. The molecule has 1 aromatic heterocycles. The fourth-order valence-electron chi connectivity index (χ4n) is 2.47. The van der Waals surface area contributed by atoms with Crippen molar-refractivity contribution >= 4 is 38.3 Å². The zero-order valence-corrected chi connectivity index (χ0v) is 13.2. The molecule has 3 aromatic rings. The van der Waals surface area contributed by atoms with Gasteiger partial charge in [0.05, 0.1) is 15.9 Å². The number of carbonyl (C=O) groups excluding carboxylic acids is 1. The molecular formula is C17H12FN3O2S. The van der Waals surface area contributed by atoms with Crippen molar-refractivity contribution in [1.29, 1.82) is 0 Å². The Bertz CT molecular complexity index is 921. The van der Waals surface area contributed by atoms with E-state index in [0.29, 0.717) is 22.8 Å². The smallest absolute Gasteiger partial charge is 0.270 e. The number of oxime groups is 1. The van der Waals surface area contributed by atoms with Gasteiger partial charge in [0, 0.05) is 12.0 Å². The predicted octanol–water partition coefficient (Wildman–Crippen LogP) is 3.57. The number of anilines is 1. The van der Waals surface area contributed by atoms with Gasteiger partial charge >= 0.3 is 0 Å². The molecule has 4 rings (SSSR count). The standard InChI is InChI=1S/C17H12FN3O2S/c18-11-5-3-4-10(8-11)13-9-14(23-21-13)16(22)20-17-19-12-6-1-2-7-15(12)24-17/h1-8,14H,9H2,(H,19,20,22). The summed E-state index contributed by atoms with van der Waals surface area (Å²) < 4.78 is 14.3. The number of thiazole rings is 1. The number of hydrogen-bond acceptors (Lipinski definition) is 5. The van der Waals surface area contributed by atoms with Crippen molar-refractivity contribution in [2.75, 3.05) is 5.32 Å². The van der Waals surface area contributed by atoms with Gasteiger partial charge in [0.15, 0.2) is 5.13 Å². The van der Waals surface area contributed by atoms with Crippen molar-refractivity contribution in [3.63, 3.8) is 0 Å². The van der Waals surface area contributed by atoms with Crippen LogP contribution in [0.2, 0.25) is 0 Å². The predicted molar refractivity (Wildman–Crippen MR) is 90.7 cm³/mol. The lowest BCUT2D eigenvalue weighted by atomic mass is 10.0. The van der Waals surface area contributed by atoms with Gasteiger partial charge in [0.25, 0.3) is 5.91 Å². The average molecular weight is 341 g/mol. The zero-order valence-electron chi connectivity index (χ0n) is 12.4. The van der Waals surface area contributed by atoms with Crippen molar-refractivity contribution in [2.24, 2.45) is 5.16 Å². The summed E-state index contributed by atoms with van der Waals surface area (Å²) in [5.41, 5.74) is 2.01. The molecule has 0 saturated carbocycles. The Morgan fingerprint density at radius 3 is 2.96 bits per heavy atom. The summed E-state index contributed by atoms with van der Waals surface area (Å²) in [6.45, 7) is 0. The van der Waals surface area contributed by atoms with E-state index < -0.39 is 6.10 Å². The second-order valence-electron chi connectivity index (χ2n) is 5.32. The highest BCUT2D eigenvalue weighted by molar-refractivity contribution is 7.22. The summed E-state index contributed by atoms with van der Waals surface area (Å²) in [5, 5.41) is 7.18. The summed E-state index contributed by atoms with van der Waals surface area (Å²) in [6, 6.07) is 13.7. The Balaban J connectivity index is 1.45. The number of nitrogens with zero attached hydrogens (tertiary/aromatic N) is 2. The van der Waals surface area contributed by atoms with Gasteiger partial charge in [0.1, 0.15) is 5.82 Å². The first-order valence-corrected chi connectivity index (χ1v) is 8.16. The number of halogens is 1. The first-order valence-electron chi connectivity index (χ1n) is 7.34. The molecule has 2 heterocycles. The van der Waals surface area contributed by atoms with E-state index in [-0.39, 0.29) is 11.7 Å². The van der Waals surface area contributed by atoms with Crippen molar-refractivity contribution in [1.82, 2.24) is 4.98 Å². The van der Waals surface area contributed by atoms with Gasteiger partial charge in [-0.15, -0.1) is 0 Å². The molecule has 1 aliphatic heterocycles. The van der Waals surface area contributed by atoms with E-state index in [4.69, 9.17) is 4.84 Å². The van der Waals surface area contributed by atoms with E-state index in [1.807, 2.05) is 24.3 Å². The molecular weight excluding hydrogens is 329 g/mol. The van der Waals surface area contributed by atoms with Crippen LogP contribution in [0.15, 0.2) is 53.7 Å². The number of carbonyl (C=O) groups is 1. The number of rotatable bonds is 3. The lowest BCUT2D eigenvalue weighted by Gasteiger charge is -2.06. The number of para-hydroxylation sites is 1. The quantitative estimate of drug-likeness (QED) is 0.792. The monoisotopic (exact) mass is 341 g/mol. The van der Waals surface area contributed by atoms with E-state index in [9.17, 15) is 9.18 Å². The van der Waals surface area contributed by atoms with Gasteiger partial charge in [-0.3, -0.25) is 10.1 Å². The molecule has 7 heteroatoms. The first-order chi connectivity index (χ1) is 11.7. The summed E-state index contributed by atoms with van der Waals surface area (Å²) in [7, 11) is 0. The number of aromatic nitrogens is 1. The molecule has 5 nitrogen and oxygen atoms in total. The van der Waals surface area contributed by atoms with Crippen molar-refractivity contribution in [3.8, 4) is 0 Å². The van der Waals surface area contributed by atoms with Crippen LogP contribution in [0.3, 0.4) is 0 Å². The lowest BCUT2D eigenvalue weighted by Crippen LogP contribution is -2.27. The highest BCUT2D eigenvalue weighted by Gasteiger charge is 2.29. The van der Waals surface area contributed by atoms with Gasteiger partial charge in [-0.05, 0) is 24.3 Å². The van der Waals surface area contributed by atoms with Crippen LogP contribution in [0.1, 0.15) is 12.0 Å². The maximum Gasteiger partial charge on any atom is 0.270 e. The molecule has 0 fully saturated rings. The van der Waals surface area contributed by atoms with Crippen LogP contribution in [-0.2, 0) is 9.63 Å². The van der Waals surface area contributed by atoms with Crippen molar-refractivity contribution in [3.05, 3.63) is 59.9 Å². The highest BCUT2D eigenvalue weighted by Crippen LogP contribution is 2.26. The van der Waals surface area contributed by atoms with E-state index >= 15 is 0 Å². The molecule has 0 aliphatic carbocycles. The van der Waals surface area contributed by atoms with Gasteiger partial charge in [0.2, 0.25) is 6.10 Å². The summed E-state index contributed by atoms with van der Waals surface area (Å²) in [6.07, 6.45) is -0.449. The van der Waals surface area contributed by atoms with E-state index in [2.05, 4.69) is 15.5 Å². The number of nitrogens with one attached hydrogen (secondary N) is 1. The molecule has 1 unspecified atom stereocenters. The zero-order chi connectivity index (χ0) is 16.5. The van der Waals surface area contributed by atoms with Gasteiger partial charge in [-0.2, -0.15) is 0 Å². The van der Waals surface area contributed by atoms with Crippen molar-refractivity contribution in [2.45, 2.75) is 12.5 Å². The fraction of sp³-hybridized carbons (Fsp3) is 0.118. The molecule has 2 aromatic carbocycles. The minimum Gasteiger partial charge on any atom is -0.382 e. The molecule has 1 amide bonds. The van der Waals surface area contributed by atoms with Gasteiger partial charge in [-0.1, -0.05) is 40.8 Å². The fourth-order valence-corrected chi connectivity index (χ4v) is 3.34. The molecule has 0 spiro atoms. The van der Waals surface area contributed by atoms with Crippen LogP contribution >= 0.6 is 11.3 Å². The third-order valence-electron chi connectivity index (χ3n) is 3.64. The number of amides is 1. The van der Waals surface area contributed by atoms with Crippen LogP contribution in [0.4, 0.5) is 9.52 Å². The van der Waals surface area contributed by atoms with Crippen LogP contribution in [0, 0.1) is 5.82 Å². The second-order valence-corrected chi connectivity index (χ2v) is 6.35. The molecule has 0 bridgehead atoms. The maximum atomic E-state index is 13.3. The Hall–Kier alpha value is -2.80. The molecule has 0 radical (unpaired) electrons. The van der Waals surface area contributed by atoms with Crippen LogP contribution in [-0.4, -0.2) is 22.7 Å². The largest absolute Gasteiger partial charge is 0.382 e. The summed E-state index contributed by atoms with van der Waals surface area (Å²) >= 11 is 1.40. The molecule has 1 atom stereocenters. The van der Waals surface area contributed by atoms with Crippen LogP contribution in [0.25, 0.3) is 10.2 Å². The van der Waals surface area contributed by atoms with Gasteiger partial charge < -0.3 is 4.84 Å². The Morgan fingerprint density at radius 1 is 1.25 bits per heavy atom. The third-order valence-corrected chi connectivity index (χ3v) is 4.60. The summed E-state index contributed by atoms with van der Waals surface area (Å²) in [5.74, 6) is -0.665. The molecule has 120 valence electrons. The average Bonchev–Trinajstić information content (AvgIpc) is 3.21. The minimum atomic E-state index is -0.740. The van der Waals surface area contributed by atoms with E-state index in [1.165, 1.54) is 23.5 Å². The highest BCUT2D eigenvalue weighted by atomic mass is 32.1. The first kappa shape index (κ1) is 14.8. The number of fused-ring (bicyclic) bond motifs is 1. The van der Waals surface area contributed by atoms with E-state index in [0.717, 1.165) is 10.2 Å². The lowest BCUT2D eigenvalue weighted by molar-refractivity contribution is -0.125. The Morgan fingerprint density at radius 2 is 2.12 bits per heavy atom. The molecule has 1 aliphatic rings. The van der Waals surface area contributed by atoms with Crippen molar-refractivity contribution < 1.29 is 14.0 Å². The number of hydrogen-bond donors (Lipinski definition) is 1. The molecule has 0 saturated heterocycles. The minimum absolute atomic E-state index is 0.292. The van der Waals surface area contributed by atoms with Gasteiger partial charge in [-0.25, -0.2) is 9.37 Å². The van der Waals surface area contributed by atoms with E-state index in [1.54, 1.807) is 12.1 Å². The third kappa shape index (κ3) is 2.85. The molecule has 24 heavy (non-hydrogen) atoms. The second kappa shape index (κ2) is 6.01. The normalized spacial score (nSPS) is 16.7. The summed E-state index contributed by atoms with van der Waals surface area (Å²) in [4.78, 5) is 21.9. The topological polar surface area (TPSA) is 63.6 Å². The maximum absolute atomic E-state index is 13.3. The molecule has 1 N–H and O–H groups in total.